The minimum Gasteiger partial charge on any atom is -0.461 e. The van der Waals surface area contributed by atoms with E-state index in [1.54, 1.807) is 6.08 Å². The van der Waals surface area contributed by atoms with Gasteiger partial charge in [0, 0.05) is 19.4 Å². The van der Waals surface area contributed by atoms with Gasteiger partial charge in [-0.15, -0.1) is 0 Å². The Morgan fingerprint density at radius 1 is 1.12 bits per heavy atom. The summed E-state index contributed by atoms with van der Waals surface area (Å²) in [6.45, 7) is 10.1. The summed E-state index contributed by atoms with van der Waals surface area (Å²) < 4.78 is 15.8. The van der Waals surface area contributed by atoms with E-state index in [4.69, 9.17) is 14.2 Å². The number of carbonyl (C=O) groups is 4. The van der Waals surface area contributed by atoms with Crippen LogP contribution in [0.25, 0.3) is 0 Å². The van der Waals surface area contributed by atoms with Crippen LogP contribution in [-0.2, 0) is 33.4 Å². The lowest BCUT2D eigenvalue weighted by Gasteiger charge is -2.23. The first kappa shape index (κ1) is 26.2. The minimum absolute atomic E-state index is 0.0595. The summed E-state index contributed by atoms with van der Waals surface area (Å²) in [6.07, 6.45) is 10.4. The number of carbonyl (C=O) groups excluding carboxylic acids is 4. The summed E-state index contributed by atoms with van der Waals surface area (Å²) in [5.74, 6) is -2.11. The maximum absolute atomic E-state index is 12.9. The molecule has 2 aliphatic rings. The maximum Gasteiger partial charge on any atom is 0.303 e. The fourth-order valence-electron chi connectivity index (χ4n) is 3.51. The molecule has 0 bridgehead atoms. The molecule has 0 radical (unpaired) electrons. The Morgan fingerprint density at radius 2 is 1.82 bits per heavy atom. The predicted octanol–water partition coefficient (Wildman–Crippen LogP) is 3.89. The molecule has 0 aromatic rings. The van der Waals surface area contributed by atoms with E-state index in [9.17, 15) is 19.2 Å². The zero-order valence-electron chi connectivity index (χ0n) is 20.1. The van der Waals surface area contributed by atoms with Gasteiger partial charge in [-0.2, -0.15) is 0 Å². The van der Waals surface area contributed by atoms with Crippen LogP contribution in [0.1, 0.15) is 54.4 Å². The molecule has 178 valence electrons. The van der Waals surface area contributed by atoms with Crippen LogP contribution in [0.5, 0.6) is 0 Å². The fraction of sp³-hybridized carbons (Fsp3) is 0.462. The van der Waals surface area contributed by atoms with Gasteiger partial charge >= 0.3 is 11.9 Å². The Bertz CT molecular complexity index is 973. The Labute approximate surface area is 194 Å². The minimum atomic E-state index is -1.58. The van der Waals surface area contributed by atoms with E-state index in [1.807, 2.05) is 25.2 Å². The standard InChI is InChI=1S/C26H32O7/c1-16(2)9-7-10-17(3)11-8-12-18(4)13-23(32-20(6)28)26-22(29)14-21(15-31-19(5)27)24(30)25(26)33-26/h8-9,11-14,23,25H,7,10,15H2,1-6H3. The van der Waals surface area contributed by atoms with Gasteiger partial charge in [-0.1, -0.05) is 41.0 Å². The SMILES string of the molecule is CC(=O)OCC1=CC(=O)C2(C(C=C(C)C=CC=C(C)CCC=C(C)C)OC(C)=O)OC2C1=O. The second-order valence-electron chi connectivity index (χ2n) is 8.60. The third-order valence-electron chi connectivity index (χ3n) is 5.28. The van der Waals surface area contributed by atoms with Crippen LogP contribution in [-0.4, -0.2) is 47.9 Å². The highest BCUT2D eigenvalue weighted by molar-refractivity contribution is 6.19. The van der Waals surface area contributed by atoms with Crippen molar-refractivity contribution in [3.05, 3.63) is 58.7 Å². The molecule has 2 rings (SSSR count). The molecule has 1 fully saturated rings. The summed E-state index contributed by atoms with van der Waals surface area (Å²) in [5, 5.41) is 0. The van der Waals surface area contributed by atoms with Crippen molar-refractivity contribution in [3.8, 4) is 0 Å². The van der Waals surface area contributed by atoms with E-state index < -0.39 is 41.3 Å². The van der Waals surface area contributed by atoms with Crippen LogP contribution in [0.3, 0.4) is 0 Å². The number of rotatable bonds is 10. The van der Waals surface area contributed by atoms with Crippen LogP contribution in [0.15, 0.2) is 58.7 Å². The van der Waals surface area contributed by atoms with Gasteiger partial charge in [-0.25, -0.2) is 0 Å². The van der Waals surface area contributed by atoms with Gasteiger partial charge in [0.15, 0.2) is 23.8 Å². The summed E-state index contributed by atoms with van der Waals surface area (Å²) in [6, 6.07) is 0. The van der Waals surface area contributed by atoms with E-state index in [0.717, 1.165) is 24.5 Å². The average Bonchev–Trinajstić information content (AvgIpc) is 3.46. The number of Topliss-reactive ketones (excluding diaryl/α,β-unsaturated/α-hetero) is 1. The molecule has 0 aromatic heterocycles. The highest BCUT2D eigenvalue weighted by Crippen LogP contribution is 2.47. The highest BCUT2D eigenvalue weighted by atomic mass is 16.7. The number of epoxide rings is 1. The Kier molecular flexibility index (Phi) is 8.88. The predicted molar refractivity (Wildman–Crippen MR) is 123 cm³/mol. The normalized spacial score (nSPS) is 23.6. The number of fused-ring (bicyclic) bond motifs is 1. The number of esters is 2. The van der Waals surface area contributed by atoms with E-state index in [2.05, 4.69) is 26.8 Å². The van der Waals surface area contributed by atoms with Crippen molar-refractivity contribution in [1.29, 1.82) is 0 Å². The maximum atomic E-state index is 12.9. The van der Waals surface area contributed by atoms with Gasteiger partial charge in [-0.05, 0) is 52.7 Å². The molecule has 3 atom stereocenters. The molecule has 1 aliphatic heterocycles. The van der Waals surface area contributed by atoms with Crippen LogP contribution in [0.4, 0.5) is 0 Å². The monoisotopic (exact) mass is 456 g/mol. The number of hydrogen-bond donors (Lipinski definition) is 0. The van der Waals surface area contributed by atoms with E-state index in [1.165, 1.54) is 25.0 Å². The lowest BCUT2D eigenvalue weighted by Crippen LogP contribution is -2.46. The van der Waals surface area contributed by atoms with Crippen molar-refractivity contribution in [2.45, 2.75) is 72.2 Å². The second-order valence-corrected chi connectivity index (χ2v) is 8.60. The first-order valence-electron chi connectivity index (χ1n) is 10.9. The Morgan fingerprint density at radius 3 is 2.42 bits per heavy atom. The molecule has 0 saturated carbocycles. The van der Waals surface area contributed by atoms with Gasteiger partial charge < -0.3 is 14.2 Å². The van der Waals surface area contributed by atoms with Gasteiger partial charge in [0.2, 0.25) is 5.60 Å². The first-order chi connectivity index (χ1) is 15.5. The molecule has 0 spiro atoms. The van der Waals surface area contributed by atoms with Crippen molar-refractivity contribution in [2.75, 3.05) is 6.61 Å². The molecule has 7 heteroatoms. The summed E-state index contributed by atoms with van der Waals surface area (Å²) in [5.41, 5.74) is 1.74. The zero-order chi connectivity index (χ0) is 24.8. The molecule has 1 saturated heterocycles. The first-order valence-corrected chi connectivity index (χ1v) is 10.9. The lowest BCUT2D eigenvalue weighted by atomic mass is 9.83. The van der Waals surface area contributed by atoms with Gasteiger partial charge in [-0.3, -0.25) is 19.2 Å². The number of ketones is 2. The molecular formula is C26H32O7. The summed E-state index contributed by atoms with van der Waals surface area (Å²) >= 11 is 0. The highest BCUT2D eigenvalue weighted by Gasteiger charge is 2.72. The van der Waals surface area contributed by atoms with Crippen LogP contribution >= 0.6 is 0 Å². The van der Waals surface area contributed by atoms with Gasteiger partial charge in [0.25, 0.3) is 0 Å². The van der Waals surface area contributed by atoms with Crippen molar-refractivity contribution in [2.24, 2.45) is 0 Å². The van der Waals surface area contributed by atoms with E-state index >= 15 is 0 Å². The van der Waals surface area contributed by atoms with Crippen molar-refractivity contribution < 1.29 is 33.4 Å². The van der Waals surface area contributed by atoms with Crippen molar-refractivity contribution in [1.82, 2.24) is 0 Å². The molecule has 0 amide bonds. The third-order valence-corrected chi connectivity index (χ3v) is 5.28. The molecule has 33 heavy (non-hydrogen) atoms. The topological polar surface area (TPSA) is 99.3 Å². The molecule has 1 aliphatic carbocycles. The molecule has 0 aromatic carbocycles. The Balaban J connectivity index is 2.18. The van der Waals surface area contributed by atoms with Gasteiger partial charge in [0.1, 0.15) is 6.61 Å². The molecule has 7 nitrogen and oxygen atoms in total. The van der Waals surface area contributed by atoms with Crippen LogP contribution < -0.4 is 0 Å². The number of allylic oxidation sites excluding steroid dienone is 7. The van der Waals surface area contributed by atoms with Crippen molar-refractivity contribution >= 4 is 23.5 Å². The summed E-state index contributed by atoms with van der Waals surface area (Å²) in [7, 11) is 0. The third kappa shape index (κ3) is 6.96. The average molecular weight is 457 g/mol. The van der Waals surface area contributed by atoms with Crippen LogP contribution in [0.2, 0.25) is 0 Å². The molecule has 0 N–H and O–H groups in total. The van der Waals surface area contributed by atoms with Crippen molar-refractivity contribution in [3.63, 3.8) is 0 Å². The number of hydrogen-bond acceptors (Lipinski definition) is 7. The summed E-state index contributed by atoms with van der Waals surface area (Å²) in [4.78, 5) is 48.3. The smallest absolute Gasteiger partial charge is 0.303 e. The zero-order valence-corrected chi connectivity index (χ0v) is 20.1. The quantitative estimate of drug-likeness (QED) is 0.213. The lowest BCUT2D eigenvalue weighted by molar-refractivity contribution is -0.149. The fourth-order valence-corrected chi connectivity index (χ4v) is 3.51. The van der Waals surface area contributed by atoms with E-state index in [0.29, 0.717) is 0 Å². The number of ether oxygens (including phenoxy) is 3. The molecular weight excluding hydrogens is 424 g/mol. The van der Waals surface area contributed by atoms with Gasteiger partial charge in [0.05, 0.1) is 0 Å². The molecule has 3 unspecified atom stereocenters. The van der Waals surface area contributed by atoms with Crippen LogP contribution in [0, 0.1) is 0 Å². The largest absolute Gasteiger partial charge is 0.461 e. The Hall–Kier alpha value is -3.06. The molecule has 1 heterocycles. The van der Waals surface area contributed by atoms with E-state index in [-0.39, 0.29) is 12.2 Å². The second kappa shape index (κ2) is 11.2.